The number of rotatable bonds is 1. The SMILES string of the molecule is Cc1ccc(N)c(N2CC3CCC(C2)O3)n1. The Bertz CT molecular complexity index is 395. The maximum atomic E-state index is 5.99. The maximum absolute atomic E-state index is 5.99. The van der Waals surface area contributed by atoms with Crippen molar-refractivity contribution in [2.24, 2.45) is 0 Å². The molecule has 2 aliphatic heterocycles. The van der Waals surface area contributed by atoms with E-state index in [0.29, 0.717) is 12.2 Å². The van der Waals surface area contributed by atoms with Gasteiger partial charge in [0.1, 0.15) is 0 Å². The Morgan fingerprint density at radius 1 is 1.31 bits per heavy atom. The lowest BCUT2D eigenvalue weighted by Gasteiger charge is -2.33. The molecule has 2 unspecified atom stereocenters. The third kappa shape index (κ3) is 1.63. The van der Waals surface area contributed by atoms with Crippen molar-refractivity contribution < 1.29 is 4.74 Å². The van der Waals surface area contributed by atoms with E-state index < -0.39 is 0 Å². The minimum atomic E-state index is 0.375. The lowest BCUT2D eigenvalue weighted by molar-refractivity contribution is 0.0303. The largest absolute Gasteiger partial charge is 0.396 e. The maximum Gasteiger partial charge on any atom is 0.152 e. The lowest BCUT2D eigenvalue weighted by atomic mass is 10.2. The minimum absolute atomic E-state index is 0.375. The summed E-state index contributed by atoms with van der Waals surface area (Å²) in [7, 11) is 0. The highest BCUT2D eigenvalue weighted by Gasteiger charge is 2.34. The van der Waals surface area contributed by atoms with E-state index in [4.69, 9.17) is 10.5 Å². The number of nitrogen functional groups attached to an aromatic ring is 1. The summed E-state index contributed by atoms with van der Waals surface area (Å²) in [6.45, 7) is 3.85. The van der Waals surface area contributed by atoms with Gasteiger partial charge >= 0.3 is 0 Å². The van der Waals surface area contributed by atoms with Crippen LogP contribution in [-0.4, -0.2) is 30.3 Å². The summed E-state index contributed by atoms with van der Waals surface area (Å²) < 4.78 is 5.81. The summed E-state index contributed by atoms with van der Waals surface area (Å²) in [6.07, 6.45) is 3.10. The topological polar surface area (TPSA) is 51.4 Å². The molecule has 2 bridgehead atoms. The van der Waals surface area contributed by atoms with Gasteiger partial charge in [0.2, 0.25) is 0 Å². The van der Waals surface area contributed by atoms with E-state index in [1.54, 1.807) is 0 Å². The van der Waals surface area contributed by atoms with Crippen LogP contribution in [0.2, 0.25) is 0 Å². The molecular formula is C12H17N3O. The third-order valence-electron chi connectivity index (χ3n) is 3.39. The third-order valence-corrected chi connectivity index (χ3v) is 3.39. The van der Waals surface area contributed by atoms with Crippen LogP contribution in [0.5, 0.6) is 0 Å². The molecule has 1 aromatic heterocycles. The number of nitrogens with zero attached hydrogens (tertiary/aromatic N) is 2. The normalized spacial score (nSPS) is 28.4. The number of hydrogen-bond acceptors (Lipinski definition) is 4. The second-order valence-corrected chi connectivity index (χ2v) is 4.73. The fraction of sp³-hybridized carbons (Fsp3) is 0.583. The van der Waals surface area contributed by atoms with Crippen molar-refractivity contribution in [3.8, 4) is 0 Å². The highest BCUT2D eigenvalue weighted by Crippen LogP contribution is 2.31. The molecule has 4 nitrogen and oxygen atoms in total. The Morgan fingerprint density at radius 2 is 2.00 bits per heavy atom. The first-order valence-corrected chi connectivity index (χ1v) is 5.86. The summed E-state index contributed by atoms with van der Waals surface area (Å²) >= 11 is 0. The molecule has 0 radical (unpaired) electrons. The van der Waals surface area contributed by atoms with Gasteiger partial charge in [0, 0.05) is 18.8 Å². The molecule has 2 N–H and O–H groups in total. The van der Waals surface area contributed by atoms with Crippen molar-refractivity contribution in [3.63, 3.8) is 0 Å². The molecule has 2 saturated heterocycles. The van der Waals surface area contributed by atoms with Crippen LogP contribution in [0.15, 0.2) is 12.1 Å². The fourth-order valence-electron chi connectivity index (χ4n) is 2.59. The number of anilines is 2. The van der Waals surface area contributed by atoms with E-state index in [1.165, 1.54) is 12.8 Å². The smallest absolute Gasteiger partial charge is 0.152 e. The quantitative estimate of drug-likeness (QED) is 0.774. The van der Waals surface area contributed by atoms with Gasteiger partial charge < -0.3 is 15.4 Å². The van der Waals surface area contributed by atoms with E-state index in [2.05, 4.69) is 9.88 Å². The average Bonchev–Trinajstić information content (AvgIpc) is 2.61. The molecule has 2 atom stereocenters. The summed E-state index contributed by atoms with van der Waals surface area (Å²) in [6, 6.07) is 3.89. The van der Waals surface area contributed by atoms with Gasteiger partial charge in [0.25, 0.3) is 0 Å². The van der Waals surface area contributed by atoms with Crippen LogP contribution in [-0.2, 0) is 4.74 Å². The summed E-state index contributed by atoms with van der Waals surface area (Å²) in [5.41, 5.74) is 7.77. The Labute approximate surface area is 95.4 Å². The molecule has 3 heterocycles. The van der Waals surface area contributed by atoms with E-state index >= 15 is 0 Å². The van der Waals surface area contributed by atoms with Crippen molar-refractivity contribution in [3.05, 3.63) is 17.8 Å². The number of fused-ring (bicyclic) bond motifs is 2. The Hall–Kier alpha value is -1.29. The Morgan fingerprint density at radius 3 is 2.69 bits per heavy atom. The molecule has 2 aliphatic rings. The van der Waals surface area contributed by atoms with Gasteiger partial charge in [-0.05, 0) is 31.9 Å². The highest BCUT2D eigenvalue weighted by atomic mass is 16.5. The molecule has 0 amide bonds. The second kappa shape index (κ2) is 3.63. The second-order valence-electron chi connectivity index (χ2n) is 4.73. The number of pyridine rings is 1. The van der Waals surface area contributed by atoms with Gasteiger partial charge in [-0.25, -0.2) is 4.98 Å². The van der Waals surface area contributed by atoms with E-state index in [1.807, 2.05) is 19.1 Å². The zero-order chi connectivity index (χ0) is 11.1. The van der Waals surface area contributed by atoms with E-state index in [-0.39, 0.29) is 0 Å². The van der Waals surface area contributed by atoms with Crippen LogP contribution >= 0.6 is 0 Å². The first-order chi connectivity index (χ1) is 7.72. The van der Waals surface area contributed by atoms with Crippen LogP contribution in [0, 0.1) is 6.92 Å². The molecule has 0 aromatic carbocycles. The summed E-state index contributed by atoms with van der Waals surface area (Å²) in [4.78, 5) is 6.81. The van der Waals surface area contributed by atoms with Crippen molar-refractivity contribution in [2.45, 2.75) is 32.0 Å². The monoisotopic (exact) mass is 219 g/mol. The molecule has 0 aliphatic carbocycles. The number of nitrogens with two attached hydrogens (primary N) is 1. The van der Waals surface area contributed by atoms with Crippen LogP contribution in [0.25, 0.3) is 0 Å². The van der Waals surface area contributed by atoms with E-state index in [9.17, 15) is 0 Å². The summed E-state index contributed by atoms with van der Waals surface area (Å²) in [5.74, 6) is 0.931. The molecule has 0 spiro atoms. The standard InChI is InChI=1S/C12H17N3O/c1-8-2-5-11(13)12(14-8)15-6-9-3-4-10(7-15)16-9/h2,5,9-10H,3-4,6-7,13H2,1H3. The van der Waals surface area contributed by atoms with Crippen molar-refractivity contribution in [1.29, 1.82) is 0 Å². The van der Waals surface area contributed by atoms with Gasteiger partial charge in [-0.15, -0.1) is 0 Å². The Kier molecular flexibility index (Phi) is 2.24. The van der Waals surface area contributed by atoms with Gasteiger partial charge in [-0.3, -0.25) is 0 Å². The van der Waals surface area contributed by atoms with Crippen molar-refractivity contribution in [1.82, 2.24) is 4.98 Å². The minimum Gasteiger partial charge on any atom is -0.396 e. The van der Waals surface area contributed by atoms with E-state index in [0.717, 1.165) is 30.3 Å². The number of morpholine rings is 1. The molecule has 86 valence electrons. The van der Waals surface area contributed by atoms with Gasteiger partial charge in [-0.2, -0.15) is 0 Å². The molecule has 16 heavy (non-hydrogen) atoms. The van der Waals surface area contributed by atoms with Crippen molar-refractivity contribution in [2.75, 3.05) is 23.7 Å². The lowest BCUT2D eigenvalue weighted by Crippen LogP contribution is -2.43. The summed E-state index contributed by atoms with van der Waals surface area (Å²) in [5, 5.41) is 0. The predicted molar refractivity (Wildman–Crippen MR) is 63.5 cm³/mol. The number of hydrogen-bond donors (Lipinski definition) is 1. The van der Waals surface area contributed by atoms with Crippen LogP contribution in [0.3, 0.4) is 0 Å². The number of aromatic nitrogens is 1. The highest BCUT2D eigenvalue weighted by molar-refractivity contribution is 5.63. The first-order valence-electron chi connectivity index (χ1n) is 5.86. The zero-order valence-electron chi connectivity index (χ0n) is 9.52. The number of aryl methyl sites for hydroxylation is 1. The molecular weight excluding hydrogens is 202 g/mol. The van der Waals surface area contributed by atoms with Crippen molar-refractivity contribution >= 4 is 11.5 Å². The van der Waals surface area contributed by atoms with Gasteiger partial charge in [0.05, 0.1) is 17.9 Å². The molecule has 4 heteroatoms. The molecule has 0 saturated carbocycles. The zero-order valence-corrected chi connectivity index (χ0v) is 9.52. The molecule has 2 fully saturated rings. The van der Waals surface area contributed by atoms with Crippen LogP contribution < -0.4 is 10.6 Å². The first kappa shape index (κ1) is 9.90. The Balaban J connectivity index is 1.89. The fourth-order valence-corrected chi connectivity index (χ4v) is 2.59. The van der Waals surface area contributed by atoms with Gasteiger partial charge in [0.15, 0.2) is 5.82 Å². The van der Waals surface area contributed by atoms with Crippen LogP contribution in [0.4, 0.5) is 11.5 Å². The predicted octanol–water partition coefficient (Wildman–Crippen LogP) is 1.34. The van der Waals surface area contributed by atoms with Gasteiger partial charge in [-0.1, -0.05) is 0 Å². The molecule has 1 aromatic rings. The van der Waals surface area contributed by atoms with Crippen LogP contribution in [0.1, 0.15) is 18.5 Å². The number of ether oxygens (including phenoxy) is 1. The molecule has 3 rings (SSSR count). The average molecular weight is 219 g/mol.